The van der Waals surface area contributed by atoms with Crippen molar-refractivity contribution in [3.8, 4) is 44.5 Å². The molecule has 0 aliphatic heterocycles. The molecule has 0 amide bonds. The van der Waals surface area contributed by atoms with E-state index in [9.17, 15) is 6.48 Å². The third-order valence-electron chi connectivity index (χ3n) is 13.5. The molecule has 0 atom stereocenters. The van der Waals surface area contributed by atoms with Crippen molar-refractivity contribution >= 4 is 22.7 Å². The monoisotopic (exact) mass is 1030 g/mol. The summed E-state index contributed by atoms with van der Waals surface area (Å²) in [4.78, 5) is 0. The van der Waals surface area contributed by atoms with Gasteiger partial charge in [0.15, 0.2) is 0 Å². The predicted molar refractivity (Wildman–Crippen MR) is 314 cm³/mol. The van der Waals surface area contributed by atoms with Crippen molar-refractivity contribution < 1.29 is 92.1 Å². The first kappa shape index (κ1) is 31.2. The largest absolute Gasteiger partial charge is 1.00 e. The first-order chi connectivity index (χ1) is 45.0. The van der Waals surface area contributed by atoms with Gasteiger partial charge in [0, 0.05) is 69.2 Å². The zero-order valence-electron chi connectivity index (χ0n) is 69.2. The molecule has 2 aliphatic carbocycles. The average molecular weight is 1030 g/mol. The molecule has 0 aromatic heterocycles. The Morgan fingerprint density at radius 1 is 0.392 bits per heavy atom. The molecule has 2 aliphatic rings. The Morgan fingerprint density at radius 3 is 1.22 bits per heavy atom. The molecular weight excluding hydrogens is 924 g/mol. The number of hydrogen-bond acceptors (Lipinski definition) is 3. The SMILES string of the molecule is CC(C)(C)[O-].[2H]C([2H])([2H])C([2H])(c1ccc(-c2ccccc2)cc1Nc1cc2c(cc1C([2H])(C([2H])([2H])[2H])C([2H])([2H])[2H])C(C)(C)c1ccccc1-2)C([2H])([2H])[2H].[2H]C([2H])([2H])C(c1ccc(-c2ccccc2)cc1Nc1cc2c(cc1C(C([2H])([2H])[2H])C([2H])([2H])[2H])C(C)(C)c1ccccc1-2)C([2H])([2H])[2H].[K+]. The molecule has 376 valence electrons. The maximum absolute atomic E-state index is 10.1. The van der Waals surface area contributed by atoms with Gasteiger partial charge < -0.3 is 15.7 Å². The van der Waals surface area contributed by atoms with Crippen LogP contribution in [-0.2, 0) is 10.8 Å². The number of anilines is 4. The van der Waals surface area contributed by atoms with Gasteiger partial charge in [0.1, 0.15) is 0 Å². The molecule has 0 fully saturated rings. The van der Waals surface area contributed by atoms with Crippen LogP contribution in [0.1, 0.15) is 207 Å². The average Bonchev–Trinajstić information content (AvgIpc) is 1.44. The summed E-state index contributed by atoms with van der Waals surface area (Å²) in [6.45, 7) is -12.5. The molecule has 2 N–H and O–H groups in total. The van der Waals surface area contributed by atoms with Crippen LogP contribution in [0.3, 0.4) is 0 Å². The second-order valence-electron chi connectivity index (χ2n) is 20.5. The Morgan fingerprint density at radius 2 is 0.757 bits per heavy atom. The Bertz CT molecular complexity index is 4190. The van der Waals surface area contributed by atoms with Gasteiger partial charge in [-0.3, -0.25) is 0 Å². The van der Waals surface area contributed by atoms with Crippen LogP contribution in [0.15, 0.2) is 170 Å². The van der Waals surface area contributed by atoms with Crippen molar-refractivity contribution in [3.63, 3.8) is 0 Å². The summed E-state index contributed by atoms with van der Waals surface area (Å²) in [5.41, 5.74) is 6.02. The van der Waals surface area contributed by atoms with E-state index >= 15 is 0 Å². The van der Waals surface area contributed by atoms with Gasteiger partial charge in [-0.1, -0.05) is 249 Å². The van der Waals surface area contributed by atoms with Crippen molar-refractivity contribution in [3.05, 3.63) is 214 Å². The minimum absolute atomic E-state index is 0. The first-order valence-electron chi connectivity index (χ1n) is 37.2. The maximum atomic E-state index is 10.1. The van der Waals surface area contributed by atoms with Crippen molar-refractivity contribution in [2.75, 3.05) is 10.6 Å². The van der Waals surface area contributed by atoms with E-state index < -0.39 is 106 Å². The number of hydrogen-bond donors (Lipinski definition) is 2. The summed E-state index contributed by atoms with van der Waals surface area (Å²) < 4.78 is 216. The smallest absolute Gasteiger partial charge is 0.850 e. The van der Waals surface area contributed by atoms with E-state index in [1.165, 1.54) is 36.4 Å². The third kappa shape index (κ3) is 12.1. The van der Waals surface area contributed by atoms with E-state index in [0.717, 1.165) is 38.9 Å². The second kappa shape index (κ2) is 23.1. The van der Waals surface area contributed by atoms with Gasteiger partial charge in [-0.25, -0.2) is 0 Å². The quantitative estimate of drug-likeness (QED) is 0.134. The molecule has 0 radical (unpaired) electrons. The molecule has 0 saturated carbocycles. The summed E-state index contributed by atoms with van der Waals surface area (Å²) >= 11 is 0. The van der Waals surface area contributed by atoms with E-state index in [1.807, 2.05) is 107 Å². The molecule has 0 spiro atoms. The van der Waals surface area contributed by atoms with Gasteiger partial charge in [0.25, 0.3) is 0 Å². The van der Waals surface area contributed by atoms with E-state index in [2.05, 4.69) is 10.6 Å². The molecule has 3 nitrogen and oxygen atoms in total. The minimum atomic E-state index is -3.37. The molecule has 8 aromatic carbocycles. The first-order valence-corrected chi connectivity index (χ1v) is 24.2. The molecular formula is C70H79KN2O. The minimum Gasteiger partial charge on any atom is -0.850 e. The van der Waals surface area contributed by atoms with Gasteiger partial charge in [-0.2, -0.15) is 0 Å². The Kier molecular flexibility index (Phi) is 9.73. The summed E-state index contributed by atoms with van der Waals surface area (Å²) in [5.74, 6) is -10.1. The molecule has 0 heterocycles. The van der Waals surface area contributed by atoms with E-state index in [-0.39, 0.29) is 85.3 Å². The van der Waals surface area contributed by atoms with Crippen molar-refractivity contribution in [1.29, 1.82) is 0 Å². The van der Waals surface area contributed by atoms with Crippen LogP contribution in [-0.4, -0.2) is 5.60 Å². The van der Waals surface area contributed by atoms with Crippen molar-refractivity contribution in [2.45, 2.75) is 143 Å². The molecule has 4 heteroatoms. The Labute approximate surface area is 524 Å². The maximum Gasteiger partial charge on any atom is 1.00 e. The Hall–Kier alpha value is -5.04. The van der Waals surface area contributed by atoms with Crippen LogP contribution in [0.5, 0.6) is 0 Å². The second-order valence-corrected chi connectivity index (χ2v) is 20.5. The van der Waals surface area contributed by atoms with E-state index in [4.69, 9.17) is 34.3 Å². The van der Waals surface area contributed by atoms with Crippen LogP contribution < -0.4 is 67.1 Å². The standard InChI is InChI=1S/2C33H35N.C4H9O.K/c2*1-21(2)25-17-16-24(23-12-8-7-9-13-23)18-31(25)34-32-20-28-26-14-10-11-15-29(26)33(5,6)30(28)19-27(32)22(3)4;1-4(2,3)5;/h2*7-22,34H,1-6H3;1-3H3;/q;;-1;+1/i1D3,2D3,3D3,4D3,21D,22D;1D3,2D3,3D3,4D3;;. The van der Waals surface area contributed by atoms with Crippen LogP contribution in [0.4, 0.5) is 22.7 Å². The molecule has 0 saturated heterocycles. The zero-order chi connectivity index (χ0) is 74.4. The summed E-state index contributed by atoms with van der Waals surface area (Å²) in [7, 11) is 0. The van der Waals surface area contributed by atoms with Gasteiger partial charge in [0.2, 0.25) is 0 Å². The number of benzene rings is 8. The van der Waals surface area contributed by atoms with Crippen molar-refractivity contribution in [2.24, 2.45) is 0 Å². The summed E-state index contributed by atoms with van der Waals surface area (Å²) in [6.07, 6.45) is 0. The van der Waals surface area contributed by atoms with Gasteiger partial charge in [-0.05, 0) is 137 Å². The Balaban J connectivity index is 0.000000261. The fourth-order valence-corrected chi connectivity index (χ4v) is 9.86. The van der Waals surface area contributed by atoms with Crippen LogP contribution in [0.2, 0.25) is 0 Å². The van der Waals surface area contributed by atoms with E-state index in [0.29, 0.717) is 27.8 Å². The topological polar surface area (TPSA) is 47.1 Å². The van der Waals surface area contributed by atoms with Gasteiger partial charge in [-0.15, -0.1) is 5.60 Å². The van der Waals surface area contributed by atoms with E-state index in [1.54, 1.807) is 75.4 Å². The van der Waals surface area contributed by atoms with Gasteiger partial charge in [0.05, 0.1) is 0 Å². The van der Waals surface area contributed by atoms with Crippen LogP contribution in [0, 0.1) is 0 Å². The van der Waals surface area contributed by atoms with Gasteiger partial charge >= 0.3 is 51.4 Å². The molecule has 8 aromatic rings. The molecule has 10 rings (SSSR count). The fraction of sp³-hybridized carbons (Fsp3) is 0.314. The number of nitrogens with one attached hydrogen (secondary N) is 2. The summed E-state index contributed by atoms with van der Waals surface area (Å²) in [6, 6.07) is 48.5. The van der Waals surface area contributed by atoms with Crippen LogP contribution >= 0.6 is 0 Å². The normalized spacial score (nSPS) is 20.3. The predicted octanol–water partition coefficient (Wildman–Crippen LogP) is 16.4. The molecule has 0 unspecified atom stereocenters. The number of fused-ring (bicyclic) bond motifs is 6. The van der Waals surface area contributed by atoms with Crippen molar-refractivity contribution in [1.82, 2.24) is 0 Å². The number of rotatable bonds is 10. The molecule has 0 bridgehead atoms. The fourth-order valence-electron chi connectivity index (χ4n) is 9.86. The zero-order valence-corrected chi connectivity index (χ0v) is 46.4. The molecule has 74 heavy (non-hydrogen) atoms. The van der Waals surface area contributed by atoms with Crippen LogP contribution in [0.25, 0.3) is 44.5 Å². The summed E-state index contributed by atoms with van der Waals surface area (Å²) in [5, 5.41) is 16.3. The third-order valence-corrected chi connectivity index (χ3v) is 13.5.